The van der Waals surface area contributed by atoms with Crippen molar-refractivity contribution in [2.45, 2.75) is 44.2 Å². The molecule has 1 atom stereocenters. The summed E-state index contributed by atoms with van der Waals surface area (Å²) >= 11 is 0. The van der Waals surface area contributed by atoms with Crippen LogP contribution in [-0.4, -0.2) is 29.1 Å². The quantitative estimate of drug-likeness (QED) is 0.808. The van der Waals surface area contributed by atoms with E-state index in [-0.39, 0.29) is 12.3 Å². The maximum absolute atomic E-state index is 12.5. The molecule has 0 heterocycles. The first-order chi connectivity index (χ1) is 10.1. The van der Waals surface area contributed by atoms with Crippen molar-refractivity contribution in [3.05, 3.63) is 35.9 Å². The number of carbonyl (C=O) groups is 2. The average Bonchev–Trinajstić information content (AvgIpc) is 2.42. The first-order valence-corrected chi connectivity index (χ1v) is 7.27. The van der Waals surface area contributed by atoms with E-state index in [9.17, 15) is 9.59 Å². The standard InChI is InChI=1S/C16H21NO4/c1-2-21-14(12-7-4-3-5-8-12)15(20)17-16(9-6-10-16)11-13(18)19/h3-5,7-8,14H,2,6,9-11H2,1H3,(H,17,20)(H,18,19). The number of aliphatic carboxylic acids is 1. The highest BCUT2D eigenvalue weighted by molar-refractivity contribution is 5.84. The van der Waals surface area contributed by atoms with Crippen LogP contribution < -0.4 is 5.32 Å². The van der Waals surface area contributed by atoms with Crippen LogP contribution in [-0.2, 0) is 14.3 Å². The Labute approximate surface area is 124 Å². The van der Waals surface area contributed by atoms with E-state index in [4.69, 9.17) is 9.84 Å². The fourth-order valence-corrected chi connectivity index (χ4v) is 2.68. The van der Waals surface area contributed by atoms with Crippen LogP contribution in [0.15, 0.2) is 30.3 Å². The summed E-state index contributed by atoms with van der Waals surface area (Å²) in [5, 5.41) is 11.9. The first kappa shape index (κ1) is 15.5. The van der Waals surface area contributed by atoms with Crippen LogP contribution in [0.4, 0.5) is 0 Å². The van der Waals surface area contributed by atoms with Gasteiger partial charge in [0, 0.05) is 6.61 Å². The molecular formula is C16H21NO4. The Morgan fingerprint density at radius 2 is 2.00 bits per heavy atom. The Morgan fingerprint density at radius 3 is 2.48 bits per heavy atom. The Hall–Kier alpha value is -1.88. The van der Waals surface area contributed by atoms with Gasteiger partial charge >= 0.3 is 5.97 Å². The molecule has 0 bridgehead atoms. The van der Waals surface area contributed by atoms with Gasteiger partial charge in [-0.3, -0.25) is 9.59 Å². The van der Waals surface area contributed by atoms with Gasteiger partial charge in [0.15, 0.2) is 6.10 Å². The molecule has 0 aromatic heterocycles. The largest absolute Gasteiger partial charge is 0.481 e. The number of carboxylic acid groups (broad SMARTS) is 1. The fraction of sp³-hybridized carbons (Fsp3) is 0.500. The lowest BCUT2D eigenvalue weighted by molar-refractivity contribution is -0.142. The van der Waals surface area contributed by atoms with Crippen molar-refractivity contribution < 1.29 is 19.4 Å². The number of hydrogen-bond donors (Lipinski definition) is 2. The lowest BCUT2D eigenvalue weighted by Gasteiger charge is -2.42. The van der Waals surface area contributed by atoms with Crippen molar-refractivity contribution in [2.24, 2.45) is 0 Å². The third kappa shape index (κ3) is 3.82. The molecule has 5 heteroatoms. The molecule has 2 rings (SSSR count). The molecule has 1 amide bonds. The summed E-state index contributed by atoms with van der Waals surface area (Å²) in [5.74, 6) is -1.15. The molecule has 1 aliphatic carbocycles. The molecule has 1 saturated carbocycles. The van der Waals surface area contributed by atoms with E-state index in [0.29, 0.717) is 19.4 Å². The molecule has 21 heavy (non-hydrogen) atoms. The van der Waals surface area contributed by atoms with Crippen LogP contribution >= 0.6 is 0 Å². The number of carbonyl (C=O) groups excluding carboxylic acids is 1. The van der Waals surface area contributed by atoms with Crippen molar-refractivity contribution in [2.75, 3.05) is 6.61 Å². The predicted octanol–water partition coefficient (Wildman–Crippen LogP) is 2.28. The summed E-state index contributed by atoms with van der Waals surface area (Å²) < 4.78 is 5.55. The van der Waals surface area contributed by atoms with Gasteiger partial charge in [-0.25, -0.2) is 0 Å². The topological polar surface area (TPSA) is 75.6 Å². The van der Waals surface area contributed by atoms with Crippen molar-refractivity contribution >= 4 is 11.9 Å². The highest BCUT2D eigenvalue weighted by Gasteiger charge is 2.41. The second-order valence-corrected chi connectivity index (χ2v) is 5.44. The zero-order valence-electron chi connectivity index (χ0n) is 12.2. The SMILES string of the molecule is CCOC(C(=O)NC1(CC(=O)O)CCC1)c1ccccc1. The first-order valence-electron chi connectivity index (χ1n) is 7.27. The molecule has 5 nitrogen and oxygen atoms in total. The summed E-state index contributed by atoms with van der Waals surface area (Å²) in [6, 6.07) is 9.26. The van der Waals surface area contributed by atoms with E-state index in [1.54, 1.807) is 0 Å². The minimum absolute atomic E-state index is 0.0353. The molecule has 0 aliphatic heterocycles. The number of carboxylic acids is 1. The van der Waals surface area contributed by atoms with Gasteiger partial charge in [-0.1, -0.05) is 30.3 Å². The summed E-state index contributed by atoms with van der Waals surface area (Å²) in [6.45, 7) is 2.25. The average molecular weight is 291 g/mol. The molecule has 0 spiro atoms. The van der Waals surface area contributed by atoms with Crippen molar-refractivity contribution in [3.8, 4) is 0 Å². The molecule has 1 unspecified atom stereocenters. The van der Waals surface area contributed by atoms with E-state index < -0.39 is 17.6 Å². The van der Waals surface area contributed by atoms with E-state index >= 15 is 0 Å². The zero-order chi connectivity index (χ0) is 15.3. The number of benzene rings is 1. The number of amides is 1. The van der Waals surface area contributed by atoms with E-state index in [0.717, 1.165) is 12.0 Å². The van der Waals surface area contributed by atoms with Crippen LogP contribution in [0.3, 0.4) is 0 Å². The molecule has 1 aromatic carbocycles. The second-order valence-electron chi connectivity index (χ2n) is 5.44. The highest BCUT2D eigenvalue weighted by Crippen LogP contribution is 2.35. The van der Waals surface area contributed by atoms with Gasteiger partial charge in [0.1, 0.15) is 0 Å². The molecule has 0 saturated heterocycles. The van der Waals surface area contributed by atoms with Gasteiger partial charge in [0.25, 0.3) is 5.91 Å². The summed E-state index contributed by atoms with van der Waals surface area (Å²) in [4.78, 5) is 23.5. The number of nitrogens with one attached hydrogen (secondary N) is 1. The molecule has 1 aliphatic rings. The van der Waals surface area contributed by atoms with Crippen molar-refractivity contribution in [1.82, 2.24) is 5.32 Å². The lowest BCUT2D eigenvalue weighted by Crippen LogP contribution is -2.56. The Kier molecular flexibility index (Phi) is 4.96. The fourth-order valence-electron chi connectivity index (χ4n) is 2.68. The molecule has 1 aromatic rings. The van der Waals surface area contributed by atoms with Crippen LogP contribution in [0.1, 0.15) is 44.3 Å². The van der Waals surface area contributed by atoms with Gasteiger partial charge in [-0.05, 0) is 31.7 Å². The Balaban J connectivity index is 2.10. The van der Waals surface area contributed by atoms with Crippen LogP contribution in [0.5, 0.6) is 0 Å². The maximum Gasteiger partial charge on any atom is 0.305 e. The summed E-state index contributed by atoms with van der Waals surface area (Å²) in [6.07, 6.45) is 1.63. The van der Waals surface area contributed by atoms with Crippen molar-refractivity contribution in [3.63, 3.8) is 0 Å². The summed E-state index contributed by atoms with van der Waals surface area (Å²) in [5.41, 5.74) is 0.175. The van der Waals surface area contributed by atoms with E-state index in [1.165, 1.54) is 0 Å². The van der Waals surface area contributed by atoms with Gasteiger partial charge < -0.3 is 15.2 Å². The maximum atomic E-state index is 12.5. The molecule has 0 radical (unpaired) electrons. The summed E-state index contributed by atoms with van der Waals surface area (Å²) in [7, 11) is 0. The number of ether oxygens (including phenoxy) is 1. The third-order valence-corrected chi connectivity index (χ3v) is 3.86. The minimum Gasteiger partial charge on any atom is -0.481 e. The Morgan fingerprint density at radius 1 is 1.33 bits per heavy atom. The van der Waals surface area contributed by atoms with Gasteiger partial charge in [-0.15, -0.1) is 0 Å². The normalized spacial score (nSPS) is 17.6. The molecular weight excluding hydrogens is 270 g/mol. The van der Waals surface area contributed by atoms with Gasteiger partial charge in [-0.2, -0.15) is 0 Å². The van der Waals surface area contributed by atoms with E-state index in [1.807, 2.05) is 37.3 Å². The second kappa shape index (κ2) is 6.72. The van der Waals surface area contributed by atoms with Crippen LogP contribution in [0.2, 0.25) is 0 Å². The van der Waals surface area contributed by atoms with Gasteiger partial charge in [0.05, 0.1) is 12.0 Å². The number of hydrogen-bond acceptors (Lipinski definition) is 3. The van der Waals surface area contributed by atoms with Crippen LogP contribution in [0.25, 0.3) is 0 Å². The zero-order valence-corrected chi connectivity index (χ0v) is 12.2. The predicted molar refractivity (Wildman–Crippen MR) is 77.8 cm³/mol. The van der Waals surface area contributed by atoms with E-state index in [2.05, 4.69) is 5.32 Å². The van der Waals surface area contributed by atoms with Crippen LogP contribution in [0, 0.1) is 0 Å². The smallest absolute Gasteiger partial charge is 0.305 e. The number of rotatable bonds is 7. The molecule has 2 N–H and O–H groups in total. The third-order valence-electron chi connectivity index (χ3n) is 3.86. The monoisotopic (exact) mass is 291 g/mol. The van der Waals surface area contributed by atoms with Gasteiger partial charge in [0.2, 0.25) is 0 Å². The van der Waals surface area contributed by atoms with Crippen molar-refractivity contribution in [1.29, 1.82) is 0 Å². The Bertz CT molecular complexity index is 496. The highest BCUT2D eigenvalue weighted by atomic mass is 16.5. The molecule has 1 fully saturated rings. The lowest BCUT2D eigenvalue weighted by atomic mass is 9.74. The minimum atomic E-state index is -0.886. The molecule has 114 valence electrons.